The number of hydrogen-bond donors (Lipinski definition) is 2. The predicted molar refractivity (Wildman–Crippen MR) is 86.8 cm³/mol. The number of para-hydroxylation sites is 1. The molecule has 2 N–H and O–H groups in total. The molecule has 0 aromatic heterocycles. The van der Waals surface area contributed by atoms with Crippen LogP contribution >= 0.6 is 0 Å². The van der Waals surface area contributed by atoms with Gasteiger partial charge in [-0.05, 0) is 23.0 Å². The largest absolute Gasteiger partial charge is 0.411 e. The molecule has 1 aromatic rings. The number of carbonyl (C=O) groups excluding carboxylic acids is 1. The van der Waals surface area contributed by atoms with Gasteiger partial charge in [-0.3, -0.25) is 0 Å². The quantitative estimate of drug-likeness (QED) is 0.790. The van der Waals surface area contributed by atoms with E-state index in [0.717, 1.165) is 0 Å². The molecule has 142 valence electrons. The number of hydrogen-bond acceptors (Lipinski definition) is 4. The van der Waals surface area contributed by atoms with Crippen molar-refractivity contribution in [1.29, 1.82) is 0 Å². The highest BCUT2D eigenvalue weighted by atomic mass is 32.2. The van der Waals surface area contributed by atoms with E-state index in [1.807, 2.05) is 27.7 Å². The van der Waals surface area contributed by atoms with E-state index in [9.17, 15) is 26.4 Å². The van der Waals surface area contributed by atoms with Gasteiger partial charge in [-0.25, -0.2) is 9.52 Å². The van der Waals surface area contributed by atoms with E-state index in [2.05, 4.69) is 0 Å². The van der Waals surface area contributed by atoms with Crippen LogP contribution in [-0.2, 0) is 10.3 Å². The first kappa shape index (κ1) is 21.1. The molecule has 25 heavy (non-hydrogen) atoms. The molecule has 6 nitrogen and oxygen atoms in total. The maximum Gasteiger partial charge on any atom is 0.411 e. The van der Waals surface area contributed by atoms with Gasteiger partial charge in [-0.15, -0.1) is 0 Å². The average molecular weight is 382 g/mol. The van der Waals surface area contributed by atoms with Crippen LogP contribution in [0.25, 0.3) is 0 Å². The summed E-state index contributed by atoms with van der Waals surface area (Å²) in [7, 11) is -4.64. The lowest BCUT2D eigenvalue weighted by Gasteiger charge is -2.19. The van der Waals surface area contributed by atoms with Crippen molar-refractivity contribution in [2.24, 2.45) is 0 Å². The number of rotatable bonds is 6. The zero-order chi connectivity index (χ0) is 19.4. The monoisotopic (exact) mass is 382 g/mol. The molecule has 0 heterocycles. The second-order valence-electron chi connectivity index (χ2n) is 6.01. The number of alkyl halides is 3. The fourth-order valence-electron chi connectivity index (χ4n) is 2.04. The van der Waals surface area contributed by atoms with E-state index in [1.54, 1.807) is 18.2 Å². The molecule has 1 rings (SSSR count). The molecule has 0 aliphatic rings. The minimum absolute atomic E-state index is 0.0667. The first-order valence-corrected chi connectivity index (χ1v) is 8.93. The van der Waals surface area contributed by atoms with Crippen molar-refractivity contribution in [3.8, 4) is 5.75 Å². The second-order valence-corrected chi connectivity index (χ2v) is 7.29. The van der Waals surface area contributed by atoms with Crippen molar-refractivity contribution >= 4 is 16.3 Å². The van der Waals surface area contributed by atoms with Crippen molar-refractivity contribution in [3.05, 3.63) is 29.3 Å². The van der Waals surface area contributed by atoms with Gasteiger partial charge in [0.15, 0.2) is 5.75 Å². The van der Waals surface area contributed by atoms with Gasteiger partial charge in [0, 0.05) is 0 Å². The van der Waals surface area contributed by atoms with Crippen LogP contribution in [0.2, 0.25) is 0 Å². The van der Waals surface area contributed by atoms with Crippen LogP contribution in [-0.4, -0.2) is 27.2 Å². The highest BCUT2D eigenvalue weighted by Gasteiger charge is 2.29. The summed E-state index contributed by atoms with van der Waals surface area (Å²) in [6, 6.07) is 3.61. The molecule has 0 bridgehead atoms. The number of halogens is 3. The van der Waals surface area contributed by atoms with Gasteiger partial charge in [0.2, 0.25) is 0 Å². The Morgan fingerprint density at radius 3 is 2.00 bits per heavy atom. The fourth-order valence-corrected chi connectivity index (χ4v) is 2.79. The summed E-state index contributed by atoms with van der Waals surface area (Å²) in [5.41, 5.74) is 1.21. The standard InChI is InChI=1S/C15H21F3N2O4S/c1-9(2)11-6-5-7-12(10(3)4)13(11)24-25(22,23)20-14(21)19-8-15(16,17)18/h5-7,9-10H,8H2,1-4H3,(H2,19,20,21). The molecule has 0 fully saturated rings. The number of amides is 2. The average Bonchev–Trinajstić information content (AvgIpc) is 2.43. The lowest BCUT2D eigenvalue weighted by Crippen LogP contribution is -2.44. The van der Waals surface area contributed by atoms with Crippen molar-refractivity contribution in [2.45, 2.75) is 45.7 Å². The Hall–Kier alpha value is -1.97. The molecule has 10 heteroatoms. The van der Waals surface area contributed by atoms with Gasteiger partial charge in [0.1, 0.15) is 6.54 Å². The molecule has 0 saturated heterocycles. The smallest absolute Gasteiger partial charge is 0.366 e. The minimum Gasteiger partial charge on any atom is -0.366 e. The van der Waals surface area contributed by atoms with Crippen LogP contribution in [0.3, 0.4) is 0 Å². The maximum atomic E-state index is 12.1. The first-order valence-electron chi connectivity index (χ1n) is 7.52. The summed E-state index contributed by atoms with van der Waals surface area (Å²) in [4.78, 5) is 11.4. The molecule has 0 aliphatic carbocycles. The third kappa shape index (κ3) is 6.81. The van der Waals surface area contributed by atoms with Gasteiger partial charge in [-0.2, -0.15) is 21.6 Å². The molecule has 1 aromatic carbocycles. The Labute approximate surface area is 145 Å². The molecule has 0 unspecified atom stereocenters. The van der Waals surface area contributed by atoms with Crippen molar-refractivity contribution in [3.63, 3.8) is 0 Å². The van der Waals surface area contributed by atoms with Gasteiger partial charge < -0.3 is 9.50 Å². The van der Waals surface area contributed by atoms with Crippen molar-refractivity contribution in [2.75, 3.05) is 6.54 Å². The van der Waals surface area contributed by atoms with Crippen LogP contribution in [0.4, 0.5) is 18.0 Å². The Bertz CT molecular complexity index is 690. The highest BCUT2D eigenvalue weighted by Crippen LogP contribution is 2.35. The topological polar surface area (TPSA) is 84.5 Å². The lowest BCUT2D eigenvalue weighted by molar-refractivity contribution is -0.122. The van der Waals surface area contributed by atoms with Crippen molar-refractivity contribution < 1.29 is 30.6 Å². The molecule has 0 aliphatic heterocycles. The van der Waals surface area contributed by atoms with Crippen LogP contribution < -0.4 is 14.2 Å². The SMILES string of the molecule is CC(C)c1cccc(C(C)C)c1OS(=O)(=O)NC(=O)NCC(F)(F)F. The highest BCUT2D eigenvalue weighted by molar-refractivity contribution is 7.85. The van der Waals surface area contributed by atoms with Crippen LogP contribution in [0.1, 0.15) is 50.7 Å². The number of nitrogens with one attached hydrogen (secondary N) is 2. The normalized spacial score (nSPS) is 12.4. The molecule has 0 radical (unpaired) electrons. The molecule has 0 saturated carbocycles. The van der Waals surface area contributed by atoms with E-state index >= 15 is 0 Å². The van der Waals surface area contributed by atoms with E-state index in [-0.39, 0.29) is 17.6 Å². The summed E-state index contributed by atoms with van der Waals surface area (Å²) in [6.07, 6.45) is -4.66. The molecular formula is C15H21F3N2O4S. The lowest BCUT2D eigenvalue weighted by atomic mass is 9.94. The van der Waals surface area contributed by atoms with Crippen LogP contribution in [0.15, 0.2) is 18.2 Å². The van der Waals surface area contributed by atoms with Gasteiger partial charge in [-0.1, -0.05) is 45.9 Å². The van der Waals surface area contributed by atoms with Gasteiger partial charge >= 0.3 is 22.5 Å². The minimum atomic E-state index is -4.66. The van der Waals surface area contributed by atoms with E-state index in [0.29, 0.717) is 11.1 Å². The Morgan fingerprint density at radius 1 is 1.12 bits per heavy atom. The Kier molecular flexibility index (Phi) is 6.69. The molecule has 0 atom stereocenters. The molecule has 2 amide bonds. The van der Waals surface area contributed by atoms with E-state index in [4.69, 9.17) is 4.18 Å². The third-order valence-corrected chi connectivity index (χ3v) is 4.00. The number of carbonyl (C=O) groups is 1. The molecule has 0 spiro atoms. The second kappa shape index (κ2) is 7.94. The predicted octanol–water partition coefficient (Wildman–Crippen LogP) is 3.42. The summed E-state index contributed by atoms with van der Waals surface area (Å²) in [5.74, 6) is -0.0606. The first-order chi connectivity index (χ1) is 11.3. The Morgan fingerprint density at radius 2 is 1.60 bits per heavy atom. The van der Waals surface area contributed by atoms with Crippen LogP contribution in [0.5, 0.6) is 5.75 Å². The molecular weight excluding hydrogens is 361 g/mol. The van der Waals surface area contributed by atoms with Gasteiger partial charge in [0.25, 0.3) is 0 Å². The summed E-state index contributed by atoms with van der Waals surface area (Å²) < 4.78 is 66.6. The van der Waals surface area contributed by atoms with E-state index < -0.39 is 29.1 Å². The number of benzene rings is 1. The zero-order valence-electron chi connectivity index (χ0n) is 14.3. The fraction of sp³-hybridized carbons (Fsp3) is 0.533. The summed E-state index contributed by atoms with van der Waals surface area (Å²) in [5, 5.41) is 1.41. The number of urea groups is 1. The Balaban J connectivity index is 3.02. The van der Waals surface area contributed by atoms with Crippen molar-refractivity contribution in [1.82, 2.24) is 10.0 Å². The maximum absolute atomic E-state index is 12.1. The van der Waals surface area contributed by atoms with Gasteiger partial charge in [0.05, 0.1) is 0 Å². The zero-order valence-corrected chi connectivity index (χ0v) is 15.1. The third-order valence-electron chi connectivity index (χ3n) is 3.18. The van der Waals surface area contributed by atoms with Crippen LogP contribution in [0, 0.1) is 0 Å². The summed E-state index contributed by atoms with van der Waals surface area (Å²) >= 11 is 0. The summed E-state index contributed by atoms with van der Waals surface area (Å²) in [6.45, 7) is 5.68. The van der Waals surface area contributed by atoms with E-state index in [1.165, 1.54) is 10.0 Å².